The van der Waals surface area contributed by atoms with Crippen LogP contribution in [0, 0.1) is 0 Å². The number of benzene rings is 1. The fourth-order valence-electron chi connectivity index (χ4n) is 1.77. The number of fused-ring (bicyclic) bond motifs is 3. The summed E-state index contributed by atoms with van der Waals surface area (Å²) in [6.07, 6.45) is 0. The number of rotatable bonds is 0. The lowest BCUT2D eigenvalue weighted by atomic mass is 10.1. The first-order valence-electron chi connectivity index (χ1n) is 4.80. The number of H-pyrrole nitrogens is 1. The van der Waals surface area contributed by atoms with Gasteiger partial charge in [-0.1, -0.05) is 12.1 Å². The van der Waals surface area contributed by atoms with E-state index in [1.54, 1.807) is 18.2 Å². The molecular formula is C12H7NO3. The molecule has 4 nitrogen and oxygen atoms in total. The maximum Gasteiger partial charge on any atom is 0.345 e. The lowest BCUT2D eigenvalue weighted by Gasteiger charge is -2.00. The highest BCUT2D eigenvalue weighted by Crippen LogP contribution is 2.18. The van der Waals surface area contributed by atoms with Crippen molar-refractivity contribution in [2.75, 3.05) is 0 Å². The molecule has 78 valence electrons. The van der Waals surface area contributed by atoms with Crippen molar-refractivity contribution in [3.8, 4) is 0 Å². The van der Waals surface area contributed by atoms with E-state index in [4.69, 9.17) is 4.42 Å². The van der Waals surface area contributed by atoms with Crippen molar-refractivity contribution in [1.29, 1.82) is 0 Å². The molecule has 0 fully saturated rings. The van der Waals surface area contributed by atoms with Gasteiger partial charge in [0.15, 0.2) is 0 Å². The maximum atomic E-state index is 11.6. The smallest absolute Gasteiger partial charge is 0.345 e. The second-order valence-corrected chi connectivity index (χ2v) is 3.50. The van der Waals surface area contributed by atoms with Crippen LogP contribution in [0.15, 0.2) is 50.4 Å². The largest absolute Gasteiger partial charge is 0.422 e. The monoisotopic (exact) mass is 213 g/mol. The van der Waals surface area contributed by atoms with Gasteiger partial charge in [-0.05, 0) is 18.2 Å². The molecule has 0 unspecified atom stereocenters. The highest BCUT2D eigenvalue weighted by molar-refractivity contribution is 6.01. The normalized spacial score (nSPS) is 11.0. The zero-order valence-electron chi connectivity index (χ0n) is 8.19. The first kappa shape index (κ1) is 8.91. The summed E-state index contributed by atoms with van der Waals surface area (Å²) in [4.78, 5) is 25.5. The Bertz CT molecular complexity index is 798. The van der Waals surface area contributed by atoms with Crippen molar-refractivity contribution >= 4 is 21.9 Å². The Morgan fingerprint density at radius 1 is 0.938 bits per heavy atom. The van der Waals surface area contributed by atoms with E-state index in [9.17, 15) is 9.59 Å². The number of para-hydroxylation sites is 1. The van der Waals surface area contributed by atoms with Crippen LogP contribution in [0.2, 0.25) is 0 Å². The molecule has 0 amide bonds. The van der Waals surface area contributed by atoms with Crippen molar-refractivity contribution in [1.82, 2.24) is 4.98 Å². The molecule has 0 aliphatic carbocycles. The van der Waals surface area contributed by atoms with Crippen molar-refractivity contribution in [2.24, 2.45) is 0 Å². The Morgan fingerprint density at radius 3 is 2.62 bits per heavy atom. The molecule has 1 N–H and O–H groups in total. The molecule has 3 aromatic rings. The summed E-state index contributed by atoms with van der Waals surface area (Å²) in [5, 5.41) is 1.12. The number of hydrogen-bond donors (Lipinski definition) is 1. The molecule has 3 rings (SSSR count). The van der Waals surface area contributed by atoms with Crippen molar-refractivity contribution < 1.29 is 4.42 Å². The van der Waals surface area contributed by atoms with Gasteiger partial charge in [-0.3, -0.25) is 4.79 Å². The van der Waals surface area contributed by atoms with Gasteiger partial charge in [-0.2, -0.15) is 0 Å². The standard InChI is InChI=1S/C12H7NO3/c14-10-6-5-8-11(13-10)7-3-1-2-4-9(7)16-12(8)15/h1-6H,(H,13,14). The highest BCUT2D eigenvalue weighted by Gasteiger charge is 2.06. The second-order valence-electron chi connectivity index (χ2n) is 3.50. The Balaban J connectivity index is 2.72. The van der Waals surface area contributed by atoms with Crippen LogP contribution in [-0.2, 0) is 0 Å². The summed E-state index contributed by atoms with van der Waals surface area (Å²) in [5.41, 5.74) is 0.328. The van der Waals surface area contributed by atoms with Crippen LogP contribution in [-0.4, -0.2) is 4.98 Å². The van der Waals surface area contributed by atoms with Gasteiger partial charge < -0.3 is 9.40 Å². The van der Waals surface area contributed by atoms with Crippen LogP contribution in [0.25, 0.3) is 21.9 Å². The van der Waals surface area contributed by atoms with Gasteiger partial charge in [0.1, 0.15) is 5.58 Å². The Labute approximate surface area is 89.1 Å². The molecule has 0 saturated carbocycles. The quantitative estimate of drug-likeness (QED) is 0.456. The predicted molar refractivity (Wildman–Crippen MR) is 60.6 cm³/mol. The number of aromatic amines is 1. The molecule has 0 bridgehead atoms. The molecule has 16 heavy (non-hydrogen) atoms. The molecule has 1 aromatic carbocycles. The summed E-state index contributed by atoms with van der Waals surface area (Å²) in [5.74, 6) is 0. The van der Waals surface area contributed by atoms with Crippen LogP contribution in [0.3, 0.4) is 0 Å². The molecule has 2 heterocycles. The number of hydrogen-bond acceptors (Lipinski definition) is 3. The van der Waals surface area contributed by atoms with Gasteiger partial charge in [0, 0.05) is 11.5 Å². The lowest BCUT2D eigenvalue weighted by molar-refractivity contribution is 0.569. The molecule has 4 heteroatoms. The second kappa shape index (κ2) is 3.06. The van der Waals surface area contributed by atoms with Crippen LogP contribution in [0.4, 0.5) is 0 Å². The predicted octanol–water partition coefficient (Wildman–Crippen LogP) is 1.63. The number of pyridine rings is 1. The summed E-state index contributed by atoms with van der Waals surface area (Å²) >= 11 is 0. The molecule has 0 atom stereocenters. The zero-order valence-corrected chi connectivity index (χ0v) is 8.19. The first-order valence-corrected chi connectivity index (χ1v) is 4.80. The average Bonchev–Trinajstić information content (AvgIpc) is 2.29. The fraction of sp³-hybridized carbons (Fsp3) is 0. The van der Waals surface area contributed by atoms with Crippen LogP contribution >= 0.6 is 0 Å². The third kappa shape index (κ3) is 1.16. The zero-order chi connectivity index (χ0) is 11.1. The van der Waals surface area contributed by atoms with Crippen LogP contribution in [0.5, 0.6) is 0 Å². The molecule has 0 aliphatic heterocycles. The molecule has 2 aromatic heterocycles. The van der Waals surface area contributed by atoms with E-state index in [2.05, 4.69) is 4.98 Å². The van der Waals surface area contributed by atoms with Gasteiger partial charge in [-0.25, -0.2) is 4.79 Å². The summed E-state index contributed by atoms with van der Waals surface area (Å²) in [6.45, 7) is 0. The van der Waals surface area contributed by atoms with Crippen molar-refractivity contribution in [3.05, 3.63) is 57.2 Å². The van der Waals surface area contributed by atoms with E-state index >= 15 is 0 Å². The van der Waals surface area contributed by atoms with Gasteiger partial charge >= 0.3 is 5.63 Å². The van der Waals surface area contributed by atoms with Gasteiger partial charge in [-0.15, -0.1) is 0 Å². The van der Waals surface area contributed by atoms with E-state index in [-0.39, 0.29) is 5.56 Å². The molecule has 0 aliphatic rings. The minimum Gasteiger partial charge on any atom is -0.422 e. The maximum absolute atomic E-state index is 11.6. The minimum atomic E-state index is -0.440. The van der Waals surface area contributed by atoms with Gasteiger partial charge in [0.05, 0.1) is 10.9 Å². The van der Waals surface area contributed by atoms with E-state index < -0.39 is 5.63 Å². The Kier molecular flexibility index (Phi) is 1.71. The van der Waals surface area contributed by atoms with Crippen molar-refractivity contribution in [3.63, 3.8) is 0 Å². The first-order chi connectivity index (χ1) is 7.75. The van der Waals surface area contributed by atoms with Crippen LogP contribution in [0.1, 0.15) is 0 Å². The molecule has 0 radical (unpaired) electrons. The van der Waals surface area contributed by atoms with E-state index in [1.165, 1.54) is 12.1 Å². The van der Waals surface area contributed by atoms with E-state index in [0.717, 1.165) is 5.39 Å². The summed E-state index contributed by atoms with van der Waals surface area (Å²) < 4.78 is 5.14. The molecule has 0 spiro atoms. The topological polar surface area (TPSA) is 63.1 Å². The van der Waals surface area contributed by atoms with Gasteiger partial charge in [0.25, 0.3) is 0 Å². The van der Waals surface area contributed by atoms with Crippen LogP contribution < -0.4 is 11.2 Å². The summed E-state index contributed by atoms with van der Waals surface area (Å²) in [7, 11) is 0. The molecule has 0 saturated heterocycles. The van der Waals surface area contributed by atoms with E-state index in [0.29, 0.717) is 16.5 Å². The number of nitrogens with one attached hydrogen (secondary N) is 1. The average molecular weight is 213 g/mol. The minimum absolute atomic E-state index is 0.233. The van der Waals surface area contributed by atoms with Gasteiger partial charge in [0.2, 0.25) is 5.56 Å². The Hall–Kier alpha value is -2.36. The third-order valence-corrected chi connectivity index (χ3v) is 2.50. The third-order valence-electron chi connectivity index (χ3n) is 2.50. The lowest BCUT2D eigenvalue weighted by Crippen LogP contribution is -2.08. The fourth-order valence-corrected chi connectivity index (χ4v) is 1.77. The summed E-state index contributed by atoms with van der Waals surface area (Å²) in [6, 6.07) is 9.89. The van der Waals surface area contributed by atoms with Crippen molar-refractivity contribution in [2.45, 2.75) is 0 Å². The molecular weight excluding hydrogens is 206 g/mol. The number of aromatic nitrogens is 1. The SMILES string of the molecule is O=c1ccc2c(=O)oc3ccccc3c2[nH]1. The van der Waals surface area contributed by atoms with E-state index in [1.807, 2.05) is 6.07 Å². The Morgan fingerprint density at radius 2 is 1.75 bits per heavy atom. The highest BCUT2D eigenvalue weighted by atomic mass is 16.4.